The van der Waals surface area contributed by atoms with Gasteiger partial charge in [-0.3, -0.25) is 4.79 Å². The molecule has 3 heteroatoms. The van der Waals surface area contributed by atoms with Gasteiger partial charge in [0.25, 0.3) is 5.91 Å². The molecule has 1 aliphatic heterocycles. The van der Waals surface area contributed by atoms with Gasteiger partial charge in [0.2, 0.25) is 0 Å². The Morgan fingerprint density at radius 2 is 2.36 bits per heavy atom. The van der Waals surface area contributed by atoms with Gasteiger partial charge in [-0.05, 0) is 12.6 Å². The molecule has 0 aliphatic carbocycles. The van der Waals surface area contributed by atoms with Gasteiger partial charge in [-0.1, -0.05) is 6.08 Å². The molecule has 0 fully saturated rings. The molecule has 1 amide bonds. The van der Waals surface area contributed by atoms with E-state index in [1.165, 1.54) is 0 Å². The van der Waals surface area contributed by atoms with Gasteiger partial charge in [0.1, 0.15) is 0 Å². The Hall–Kier alpha value is -1.25. The van der Waals surface area contributed by atoms with Crippen molar-refractivity contribution >= 4 is 5.91 Å². The molecular weight excluding hydrogens is 140 g/mol. The second-order valence-electron chi connectivity index (χ2n) is 2.64. The minimum absolute atomic E-state index is 0.0712. The standard InChI is InChI=1S/C8H12N2O/c1-10(2)8(11)7-4-3-5-9-6-7/h3,5-6,9H,4H2,1-2H3. The molecule has 0 saturated carbocycles. The highest BCUT2D eigenvalue weighted by molar-refractivity contribution is 5.93. The van der Waals surface area contributed by atoms with Crippen LogP contribution in [0.15, 0.2) is 24.0 Å². The lowest BCUT2D eigenvalue weighted by atomic mass is 10.1. The first-order valence-corrected chi connectivity index (χ1v) is 3.53. The first-order valence-electron chi connectivity index (χ1n) is 3.53. The number of carbonyl (C=O) groups is 1. The molecule has 1 N–H and O–H groups in total. The van der Waals surface area contributed by atoms with Gasteiger partial charge < -0.3 is 10.2 Å². The molecule has 3 nitrogen and oxygen atoms in total. The van der Waals surface area contributed by atoms with Crippen molar-refractivity contribution in [2.75, 3.05) is 14.1 Å². The summed E-state index contributed by atoms with van der Waals surface area (Å²) in [5.41, 5.74) is 0.803. The highest BCUT2D eigenvalue weighted by Gasteiger charge is 2.10. The third-order valence-corrected chi connectivity index (χ3v) is 1.49. The number of carbonyl (C=O) groups excluding carboxylic acids is 1. The molecule has 60 valence electrons. The molecule has 0 aromatic rings. The summed E-state index contributed by atoms with van der Waals surface area (Å²) in [7, 11) is 3.50. The zero-order valence-electron chi connectivity index (χ0n) is 6.79. The largest absolute Gasteiger partial charge is 0.367 e. The fourth-order valence-electron chi connectivity index (χ4n) is 0.898. The lowest BCUT2D eigenvalue weighted by Gasteiger charge is -2.13. The topological polar surface area (TPSA) is 32.3 Å². The Kier molecular flexibility index (Phi) is 2.31. The van der Waals surface area contributed by atoms with Crippen LogP contribution in [0.1, 0.15) is 6.42 Å². The molecule has 1 rings (SSSR count). The van der Waals surface area contributed by atoms with E-state index in [4.69, 9.17) is 0 Å². The zero-order valence-corrected chi connectivity index (χ0v) is 6.79. The number of hydrogen-bond acceptors (Lipinski definition) is 2. The number of hydrogen-bond donors (Lipinski definition) is 1. The highest BCUT2D eigenvalue weighted by atomic mass is 16.2. The number of rotatable bonds is 1. The minimum atomic E-state index is 0.0712. The van der Waals surface area contributed by atoms with E-state index in [-0.39, 0.29) is 5.91 Å². The lowest BCUT2D eigenvalue weighted by Crippen LogP contribution is -2.25. The molecule has 1 heterocycles. The van der Waals surface area contributed by atoms with Gasteiger partial charge in [0.05, 0.1) is 0 Å². The number of allylic oxidation sites excluding steroid dienone is 1. The van der Waals surface area contributed by atoms with Crippen molar-refractivity contribution in [3.63, 3.8) is 0 Å². The van der Waals surface area contributed by atoms with Gasteiger partial charge in [-0.25, -0.2) is 0 Å². The van der Waals surface area contributed by atoms with Crippen LogP contribution in [-0.4, -0.2) is 24.9 Å². The van der Waals surface area contributed by atoms with Gasteiger partial charge in [0.15, 0.2) is 0 Å². The van der Waals surface area contributed by atoms with Crippen LogP contribution in [0.3, 0.4) is 0 Å². The van der Waals surface area contributed by atoms with Crippen LogP contribution >= 0.6 is 0 Å². The number of amides is 1. The van der Waals surface area contributed by atoms with Crippen molar-refractivity contribution in [1.82, 2.24) is 10.2 Å². The Morgan fingerprint density at radius 3 is 2.82 bits per heavy atom. The van der Waals surface area contributed by atoms with Crippen molar-refractivity contribution in [2.24, 2.45) is 0 Å². The van der Waals surface area contributed by atoms with E-state index in [1.54, 1.807) is 25.2 Å². The van der Waals surface area contributed by atoms with Crippen LogP contribution in [-0.2, 0) is 4.79 Å². The fraction of sp³-hybridized carbons (Fsp3) is 0.375. The van der Waals surface area contributed by atoms with Gasteiger partial charge in [-0.2, -0.15) is 0 Å². The van der Waals surface area contributed by atoms with E-state index in [9.17, 15) is 4.79 Å². The second-order valence-corrected chi connectivity index (χ2v) is 2.64. The summed E-state index contributed by atoms with van der Waals surface area (Å²) in [6.07, 6.45) is 6.22. The third-order valence-electron chi connectivity index (χ3n) is 1.49. The summed E-state index contributed by atoms with van der Waals surface area (Å²) >= 11 is 0. The molecule has 11 heavy (non-hydrogen) atoms. The average Bonchev–Trinajstić information content (AvgIpc) is 2.05. The summed E-state index contributed by atoms with van der Waals surface area (Å²) in [5.74, 6) is 0.0712. The van der Waals surface area contributed by atoms with Crippen molar-refractivity contribution < 1.29 is 4.79 Å². The van der Waals surface area contributed by atoms with Gasteiger partial charge in [-0.15, -0.1) is 0 Å². The molecule has 0 bridgehead atoms. The van der Waals surface area contributed by atoms with Crippen LogP contribution in [0.5, 0.6) is 0 Å². The number of likely N-dealkylation sites (N-methyl/N-ethyl adjacent to an activating group) is 1. The summed E-state index contributed by atoms with van der Waals surface area (Å²) in [4.78, 5) is 12.9. The molecular formula is C8H12N2O. The molecule has 0 aromatic carbocycles. The quantitative estimate of drug-likeness (QED) is 0.592. The van der Waals surface area contributed by atoms with E-state index in [2.05, 4.69) is 5.32 Å². The Labute approximate surface area is 66.4 Å². The predicted octanol–water partition coefficient (Wildman–Crippen LogP) is 0.465. The number of nitrogens with one attached hydrogen (secondary N) is 1. The molecule has 0 unspecified atom stereocenters. The zero-order chi connectivity index (χ0) is 8.27. The maximum atomic E-state index is 11.3. The van der Waals surface area contributed by atoms with Crippen LogP contribution in [0.25, 0.3) is 0 Å². The molecule has 1 aliphatic rings. The third kappa shape index (κ3) is 1.83. The lowest BCUT2D eigenvalue weighted by molar-refractivity contribution is -0.124. The number of dihydropyridines is 1. The van der Waals surface area contributed by atoms with Crippen LogP contribution < -0.4 is 5.32 Å². The smallest absolute Gasteiger partial charge is 0.251 e. The SMILES string of the molecule is CN(C)C(=O)C1=CNC=CC1. The van der Waals surface area contributed by atoms with Crippen molar-refractivity contribution in [3.8, 4) is 0 Å². The Morgan fingerprint density at radius 1 is 1.64 bits per heavy atom. The molecule has 0 radical (unpaired) electrons. The van der Waals surface area contributed by atoms with Crippen LogP contribution in [0.2, 0.25) is 0 Å². The Bertz CT molecular complexity index is 216. The minimum Gasteiger partial charge on any atom is -0.367 e. The van der Waals surface area contributed by atoms with Gasteiger partial charge >= 0.3 is 0 Å². The first-order chi connectivity index (χ1) is 5.22. The maximum absolute atomic E-state index is 11.3. The van der Waals surface area contributed by atoms with Crippen molar-refractivity contribution in [1.29, 1.82) is 0 Å². The Balaban J connectivity index is 2.61. The number of nitrogens with zero attached hydrogens (tertiary/aromatic N) is 1. The summed E-state index contributed by atoms with van der Waals surface area (Å²) in [6.45, 7) is 0. The molecule has 0 spiro atoms. The monoisotopic (exact) mass is 152 g/mol. The van der Waals surface area contributed by atoms with E-state index in [0.29, 0.717) is 0 Å². The molecule has 0 atom stereocenters. The molecule has 0 aromatic heterocycles. The van der Waals surface area contributed by atoms with Crippen LogP contribution in [0.4, 0.5) is 0 Å². The maximum Gasteiger partial charge on any atom is 0.251 e. The summed E-state index contributed by atoms with van der Waals surface area (Å²) in [5, 5.41) is 2.88. The van der Waals surface area contributed by atoms with E-state index in [1.807, 2.05) is 12.3 Å². The fourth-order valence-corrected chi connectivity index (χ4v) is 0.898. The van der Waals surface area contributed by atoms with Gasteiger partial charge in [0, 0.05) is 25.9 Å². The summed E-state index contributed by atoms with van der Waals surface area (Å²) in [6, 6.07) is 0. The summed E-state index contributed by atoms with van der Waals surface area (Å²) < 4.78 is 0. The molecule has 0 saturated heterocycles. The predicted molar refractivity (Wildman–Crippen MR) is 43.7 cm³/mol. The second kappa shape index (κ2) is 3.23. The van der Waals surface area contributed by atoms with E-state index in [0.717, 1.165) is 12.0 Å². The average molecular weight is 152 g/mol. The first kappa shape index (κ1) is 7.85. The van der Waals surface area contributed by atoms with Crippen molar-refractivity contribution in [3.05, 3.63) is 24.0 Å². The van der Waals surface area contributed by atoms with Crippen molar-refractivity contribution in [2.45, 2.75) is 6.42 Å². The highest BCUT2D eigenvalue weighted by Crippen LogP contribution is 2.07. The van der Waals surface area contributed by atoms with E-state index >= 15 is 0 Å². The normalized spacial score (nSPS) is 15.3. The van der Waals surface area contributed by atoms with Crippen LogP contribution in [0, 0.1) is 0 Å². The van der Waals surface area contributed by atoms with E-state index < -0.39 is 0 Å².